The molecule has 1 unspecified atom stereocenters. The van der Waals surface area contributed by atoms with Gasteiger partial charge in [0, 0.05) is 0 Å². The summed E-state index contributed by atoms with van der Waals surface area (Å²) in [6.45, 7) is 9.87. The van der Waals surface area contributed by atoms with E-state index in [0.717, 1.165) is 5.92 Å². The van der Waals surface area contributed by atoms with E-state index in [4.69, 9.17) is 0 Å². The van der Waals surface area contributed by atoms with Crippen LogP contribution in [0.4, 0.5) is 0 Å². The second kappa shape index (κ2) is 3.56. The average Bonchev–Trinajstić information content (AvgIpc) is 2.45. The first-order valence-electron chi connectivity index (χ1n) is 4.31. The molecule has 0 aliphatic heterocycles. The minimum atomic E-state index is 0.750. The van der Waals surface area contributed by atoms with E-state index in [1.807, 2.05) is 12.2 Å². The summed E-state index contributed by atoms with van der Waals surface area (Å²) in [7, 11) is 0. The summed E-state index contributed by atoms with van der Waals surface area (Å²) < 4.78 is 0. The summed E-state index contributed by atoms with van der Waals surface area (Å²) in [5.74, 6) is 0.750. The number of hydrogen-bond acceptors (Lipinski definition) is 0. The first-order chi connectivity index (χ1) is 5.33. The molecule has 11 heavy (non-hydrogen) atoms. The molecule has 1 aliphatic carbocycles. The summed E-state index contributed by atoms with van der Waals surface area (Å²) in [6.07, 6.45) is 7.70. The van der Waals surface area contributed by atoms with E-state index in [2.05, 4.69) is 20.1 Å². The highest BCUT2D eigenvalue weighted by Crippen LogP contribution is 2.34. The lowest BCUT2D eigenvalue weighted by atomic mass is 9.98. The van der Waals surface area contributed by atoms with Gasteiger partial charge in [-0.05, 0) is 36.3 Å². The lowest BCUT2D eigenvalue weighted by molar-refractivity contribution is 0.594. The monoisotopic (exact) mass is 148 g/mol. The van der Waals surface area contributed by atoms with Crippen molar-refractivity contribution < 1.29 is 0 Å². The predicted octanol–water partition coefficient (Wildman–Crippen LogP) is 3.48. The first-order valence-corrected chi connectivity index (χ1v) is 4.31. The van der Waals surface area contributed by atoms with Gasteiger partial charge in [-0.15, -0.1) is 0 Å². The number of hydrogen-bond donors (Lipinski definition) is 0. The zero-order valence-corrected chi connectivity index (χ0v) is 7.27. The van der Waals surface area contributed by atoms with E-state index in [-0.39, 0.29) is 0 Å². The minimum absolute atomic E-state index is 0.750. The molecule has 0 saturated carbocycles. The van der Waals surface area contributed by atoms with Crippen molar-refractivity contribution in [3.05, 3.63) is 36.5 Å². The van der Waals surface area contributed by atoms with Crippen LogP contribution in [0.2, 0.25) is 0 Å². The van der Waals surface area contributed by atoms with Crippen molar-refractivity contribution in [2.75, 3.05) is 0 Å². The van der Waals surface area contributed by atoms with Gasteiger partial charge in [0.1, 0.15) is 0 Å². The molecular formula is C11H16. The second-order valence-corrected chi connectivity index (χ2v) is 3.03. The molecule has 0 fully saturated rings. The Balaban J connectivity index is 2.86. The maximum atomic E-state index is 3.83. The summed E-state index contributed by atoms with van der Waals surface area (Å²) in [5.41, 5.74) is 2.84. The molecule has 0 bridgehead atoms. The Morgan fingerprint density at radius 1 is 1.45 bits per heavy atom. The smallest absolute Gasteiger partial charge is 0.0159 e. The average molecular weight is 148 g/mol. The fourth-order valence-corrected chi connectivity index (χ4v) is 1.83. The molecule has 1 rings (SSSR count). The van der Waals surface area contributed by atoms with Crippen molar-refractivity contribution >= 4 is 0 Å². The van der Waals surface area contributed by atoms with Crippen molar-refractivity contribution in [3.63, 3.8) is 0 Å². The van der Waals surface area contributed by atoms with Crippen LogP contribution >= 0.6 is 0 Å². The molecule has 0 nitrogen and oxygen atoms in total. The van der Waals surface area contributed by atoms with Gasteiger partial charge in [0.25, 0.3) is 0 Å². The molecular weight excluding hydrogens is 132 g/mol. The van der Waals surface area contributed by atoms with Crippen LogP contribution < -0.4 is 0 Å². The van der Waals surface area contributed by atoms with Crippen molar-refractivity contribution in [3.8, 4) is 0 Å². The first kappa shape index (κ1) is 8.32. The standard InChI is InChI=1S/C11H16/c1-4-9-7-8-10(5-2)11(9)6-3/h4,6,10H,1,3,5,7-8H2,2H3. The normalized spacial score (nSPS) is 23.9. The predicted molar refractivity (Wildman–Crippen MR) is 50.4 cm³/mol. The van der Waals surface area contributed by atoms with Gasteiger partial charge in [-0.1, -0.05) is 32.2 Å². The molecule has 1 atom stereocenters. The van der Waals surface area contributed by atoms with Gasteiger partial charge in [-0.2, -0.15) is 0 Å². The van der Waals surface area contributed by atoms with E-state index >= 15 is 0 Å². The summed E-state index contributed by atoms with van der Waals surface area (Å²) in [5, 5.41) is 0. The highest BCUT2D eigenvalue weighted by atomic mass is 14.2. The molecule has 0 saturated heterocycles. The third kappa shape index (κ3) is 1.45. The van der Waals surface area contributed by atoms with Crippen LogP contribution in [0.5, 0.6) is 0 Å². The van der Waals surface area contributed by atoms with Crippen LogP contribution in [-0.4, -0.2) is 0 Å². The van der Waals surface area contributed by atoms with Gasteiger partial charge in [-0.3, -0.25) is 0 Å². The van der Waals surface area contributed by atoms with Crippen molar-refractivity contribution in [2.45, 2.75) is 26.2 Å². The second-order valence-electron chi connectivity index (χ2n) is 3.03. The summed E-state index contributed by atoms with van der Waals surface area (Å²) in [6, 6.07) is 0. The van der Waals surface area contributed by atoms with Gasteiger partial charge < -0.3 is 0 Å². The highest BCUT2D eigenvalue weighted by molar-refractivity contribution is 5.36. The van der Waals surface area contributed by atoms with Crippen molar-refractivity contribution in [1.82, 2.24) is 0 Å². The molecule has 0 N–H and O–H groups in total. The Kier molecular flexibility index (Phi) is 2.70. The lowest BCUT2D eigenvalue weighted by Gasteiger charge is -2.07. The third-order valence-corrected chi connectivity index (χ3v) is 2.53. The Bertz CT molecular complexity index is 196. The summed E-state index contributed by atoms with van der Waals surface area (Å²) >= 11 is 0. The van der Waals surface area contributed by atoms with Crippen LogP contribution in [0.1, 0.15) is 26.2 Å². The Hall–Kier alpha value is -0.780. The van der Waals surface area contributed by atoms with Crippen molar-refractivity contribution in [2.24, 2.45) is 5.92 Å². The van der Waals surface area contributed by atoms with Gasteiger partial charge in [0.2, 0.25) is 0 Å². The number of allylic oxidation sites excluding steroid dienone is 4. The van der Waals surface area contributed by atoms with E-state index in [9.17, 15) is 0 Å². The molecule has 0 radical (unpaired) electrons. The Morgan fingerprint density at radius 2 is 2.18 bits per heavy atom. The van der Waals surface area contributed by atoms with Crippen LogP contribution in [0.3, 0.4) is 0 Å². The highest BCUT2D eigenvalue weighted by Gasteiger charge is 2.19. The third-order valence-electron chi connectivity index (χ3n) is 2.53. The van der Waals surface area contributed by atoms with E-state index in [0.29, 0.717) is 0 Å². The molecule has 0 heteroatoms. The fraction of sp³-hybridized carbons (Fsp3) is 0.455. The molecule has 0 spiro atoms. The van der Waals surface area contributed by atoms with E-state index in [1.165, 1.54) is 30.4 Å². The molecule has 60 valence electrons. The van der Waals surface area contributed by atoms with Crippen molar-refractivity contribution in [1.29, 1.82) is 0 Å². The lowest BCUT2D eigenvalue weighted by Crippen LogP contribution is -1.93. The number of rotatable bonds is 3. The molecule has 0 amide bonds. The minimum Gasteiger partial charge on any atom is -0.0988 e. The van der Waals surface area contributed by atoms with Gasteiger partial charge >= 0.3 is 0 Å². The van der Waals surface area contributed by atoms with Gasteiger partial charge in [0.15, 0.2) is 0 Å². The van der Waals surface area contributed by atoms with Gasteiger partial charge in [-0.25, -0.2) is 0 Å². The fourth-order valence-electron chi connectivity index (χ4n) is 1.83. The Labute approximate surface area is 69.3 Å². The molecule has 0 aromatic heterocycles. The van der Waals surface area contributed by atoms with Crippen LogP contribution in [0.15, 0.2) is 36.5 Å². The van der Waals surface area contributed by atoms with Crippen LogP contribution in [-0.2, 0) is 0 Å². The quantitative estimate of drug-likeness (QED) is 0.575. The molecule has 0 aromatic rings. The topological polar surface area (TPSA) is 0 Å². The summed E-state index contributed by atoms with van der Waals surface area (Å²) in [4.78, 5) is 0. The SMILES string of the molecule is C=CC1=C(C=C)C(CC)CC1. The largest absolute Gasteiger partial charge is 0.0988 e. The maximum Gasteiger partial charge on any atom is -0.0159 e. The maximum absolute atomic E-state index is 3.83. The molecule has 1 aliphatic rings. The van der Waals surface area contributed by atoms with Gasteiger partial charge in [0.05, 0.1) is 0 Å². The van der Waals surface area contributed by atoms with E-state index < -0.39 is 0 Å². The Morgan fingerprint density at radius 3 is 2.64 bits per heavy atom. The van der Waals surface area contributed by atoms with E-state index in [1.54, 1.807) is 0 Å². The zero-order chi connectivity index (χ0) is 8.27. The van der Waals surface area contributed by atoms with Crippen LogP contribution in [0.25, 0.3) is 0 Å². The molecule has 0 aromatic carbocycles. The zero-order valence-electron chi connectivity index (χ0n) is 7.27. The van der Waals surface area contributed by atoms with Crippen LogP contribution in [0, 0.1) is 5.92 Å². The molecule has 0 heterocycles.